The fourth-order valence-corrected chi connectivity index (χ4v) is 4.70. The molecule has 1 aromatic heterocycles. The summed E-state index contributed by atoms with van der Waals surface area (Å²) in [6.45, 7) is 5.64. The van der Waals surface area contributed by atoms with E-state index in [0.29, 0.717) is 6.61 Å². The van der Waals surface area contributed by atoms with Gasteiger partial charge in [0.25, 0.3) is 0 Å². The summed E-state index contributed by atoms with van der Waals surface area (Å²) in [7, 11) is 0. The molecule has 6 rings (SSSR count). The van der Waals surface area contributed by atoms with E-state index in [1.54, 1.807) is 0 Å². The summed E-state index contributed by atoms with van der Waals surface area (Å²) in [6, 6.07) is 14.2. The quantitative estimate of drug-likeness (QED) is 0.703. The van der Waals surface area contributed by atoms with Crippen LogP contribution in [-0.4, -0.2) is 41.7 Å². The molecule has 3 aliphatic heterocycles. The Labute approximate surface area is 164 Å². The highest BCUT2D eigenvalue weighted by Gasteiger charge is 2.29. The van der Waals surface area contributed by atoms with Crippen molar-refractivity contribution in [3.63, 3.8) is 0 Å². The van der Waals surface area contributed by atoms with Gasteiger partial charge in [0.2, 0.25) is 5.91 Å². The Morgan fingerprint density at radius 2 is 1.93 bits per heavy atom. The average molecular weight is 375 g/mol. The van der Waals surface area contributed by atoms with Crippen LogP contribution in [0.3, 0.4) is 0 Å². The number of rotatable bonds is 4. The smallest absolute Gasteiger partial charge is 0.235 e. The van der Waals surface area contributed by atoms with Crippen LogP contribution in [0.4, 0.5) is 0 Å². The molecule has 1 N–H and O–H groups in total. The second-order valence-corrected chi connectivity index (χ2v) is 7.81. The standard InChI is InChI=1S/C23H25N3O2/c1-16(27)24-26-21-7-3-2-5-19(21)20-6-4-8-22(23(20)26)28-14-11-18-15-25-12-9-17(18)10-13-25/h2-8,11,17H,9-10,12-15H2,1H3,(H,24,27). The lowest BCUT2D eigenvalue weighted by Gasteiger charge is -2.41. The number of carbonyl (C=O) groups excluding carboxylic acids is 1. The lowest BCUT2D eigenvalue weighted by atomic mass is 9.84. The first-order valence-electron chi connectivity index (χ1n) is 10.0. The number of fused-ring (bicyclic) bond motifs is 6. The van der Waals surface area contributed by atoms with Crippen molar-refractivity contribution >= 4 is 27.7 Å². The van der Waals surface area contributed by atoms with Crippen LogP contribution in [0.1, 0.15) is 19.8 Å². The molecule has 2 aromatic carbocycles. The minimum atomic E-state index is -0.105. The van der Waals surface area contributed by atoms with Gasteiger partial charge in [0, 0.05) is 24.2 Å². The lowest BCUT2D eigenvalue weighted by Crippen LogP contribution is -2.43. The molecule has 0 atom stereocenters. The minimum Gasteiger partial charge on any atom is -0.487 e. The van der Waals surface area contributed by atoms with Crippen molar-refractivity contribution in [3.8, 4) is 5.75 Å². The van der Waals surface area contributed by atoms with Crippen molar-refractivity contribution in [2.24, 2.45) is 5.92 Å². The molecule has 144 valence electrons. The third-order valence-electron chi connectivity index (χ3n) is 6.03. The van der Waals surface area contributed by atoms with Crippen LogP contribution in [-0.2, 0) is 4.79 Å². The van der Waals surface area contributed by atoms with Crippen LogP contribution >= 0.6 is 0 Å². The molecule has 0 unspecified atom stereocenters. The number of piperidine rings is 3. The fourth-order valence-electron chi connectivity index (χ4n) is 4.70. The zero-order valence-electron chi connectivity index (χ0n) is 16.1. The van der Waals surface area contributed by atoms with Gasteiger partial charge >= 0.3 is 0 Å². The van der Waals surface area contributed by atoms with Crippen LogP contribution in [0.25, 0.3) is 21.8 Å². The maximum absolute atomic E-state index is 11.8. The number of aromatic nitrogens is 1. The van der Waals surface area contributed by atoms with Gasteiger partial charge in [-0.15, -0.1) is 0 Å². The topological polar surface area (TPSA) is 46.5 Å². The Kier molecular flexibility index (Phi) is 4.32. The SMILES string of the molecule is CC(=O)Nn1c2ccccc2c2cccc(OCC=C3CN4CCC3CC4)c21. The van der Waals surface area contributed by atoms with Crippen LogP contribution in [0.2, 0.25) is 0 Å². The summed E-state index contributed by atoms with van der Waals surface area (Å²) in [5.41, 5.74) is 6.35. The van der Waals surface area contributed by atoms with Crippen LogP contribution in [0, 0.1) is 5.92 Å². The molecule has 0 saturated carbocycles. The molecule has 28 heavy (non-hydrogen) atoms. The monoisotopic (exact) mass is 375 g/mol. The molecule has 0 aliphatic carbocycles. The van der Waals surface area contributed by atoms with Crippen molar-refractivity contribution < 1.29 is 9.53 Å². The van der Waals surface area contributed by atoms with Crippen molar-refractivity contribution in [3.05, 3.63) is 54.1 Å². The third-order valence-corrected chi connectivity index (χ3v) is 6.03. The largest absolute Gasteiger partial charge is 0.487 e. The molecule has 3 aromatic rings. The number of nitrogens with zero attached hydrogens (tertiary/aromatic N) is 2. The highest BCUT2D eigenvalue weighted by atomic mass is 16.5. The predicted octanol–water partition coefficient (Wildman–Crippen LogP) is 3.92. The number of carbonyl (C=O) groups is 1. The normalized spacial score (nSPS) is 22.8. The molecular weight excluding hydrogens is 350 g/mol. The molecular formula is C23H25N3O2. The average Bonchev–Trinajstić information content (AvgIpc) is 3.03. The summed E-state index contributed by atoms with van der Waals surface area (Å²) in [5, 5.41) is 2.18. The van der Waals surface area contributed by atoms with Crippen LogP contribution < -0.4 is 10.2 Å². The zero-order valence-corrected chi connectivity index (χ0v) is 16.1. The van der Waals surface area contributed by atoms with E-state index in [9.17, 15) is 4.79 Å². The van der Waals surface area contributed by atoms with Crippen molar-refractivity contribution in [2.75, 3.05) is 31.7 Å². The van der Waals surface area contributed by atoms with E-state index < -0.39 is 0 Å². The summed E-state index contributed by atoms with van der Waals surface area (Å²) in [5.74, 6) is 1.42. The van der Waals surface area contributed by atoms with E-state index in [2.05, 4.69) is 28.5 Å². The van der Waals surface area contributed by atoms with E-state index in [4.69, 9.17) is 4.74 Å². The molecule has 3 fully saturated rings. The number of hydrogen-bond acceptors (Lipinski definition) is 3. The molecule has 4 heterocycles. The molecule has 3 saturated heterocycles. The first-order valence-corrected chi connectivity index (χ1v) is 10.0. The number of amides is 1. The maximum Gasteiger partial charge on any atom is 0.235 e. The van der Waals surface area contributed by atoms with E-state index in [1.807, 2.05) is 35.0 Å². The minimum absolute atomic E-state index is 0.105. The molecule has 0 radical (unpaired) electrons. The Bertz CT molecular complexity index is 1070. The van der Waals surface area contributed by atoms with Gasteiger partial charge in [0.15, 0.2) is 0 Å². The van der Waals surface area contributed by atoms with Gasteiger partial charge < -0.3 is 4.74 Å². The first-order chi connectivity index (χ1) is 13.7. The summed E-state index contributed by atoms with van der Waals surface area (Å²) in [4.78, 5) is 14.3. The molecule has 3 aliphatic rings. The fraction of sp³-hybridized carbons (Fsp3) is 0.348. The summed E-state index contributed by atoms with van der Waals surface area (Å²) in [6.07, 6.45) is 4.82. The first kappa shape index (κ1) is 17.3. The van der Waals surface area contributed by atoms with Gasteiger partial charge in [-0.3, -0.25) is 15.1 Å². The predicted molar refractivity (Wildman–Crippen MR) is 112 cm³/mol. The van der Waals surface area contributed by atoms with Gasteiger partial charge in [-0.1, -0.05) is 35.9 Å². The Balaban J connectivity index is 1.50. The van der Waals surface area contributed by atoms with Gasteiger partial charge in [-0.05, 0) is 50.1 Å². The number of ether oxygens (including phenoxy) is 1. The Morgan fingerprint density at radius 1 is 1.14 bits per heavy atom. The number of hydrogen-bond donors (Lipinski definition) is 1. The molecule has 5 nitrogen and oxygen atoms in total. The van der Waals surface area contributed by atoms with E-state index in [1.165, 1.54) is 38.4 Å². The van der Waals surface area contributed by atoms with E-state index in [0.717, 1.165) is 40.0 Å². The zero-order chi connectivity index (χ0) is 19.1. The van der Waals surface area contributed by atoms with E-state index >= 15 is 0 Å². The molecule has 0 spiro atoms. The van der Waals surface area contributed by atoms with Gasteiger partial charge in [-0.2, -0.15) is 0 Å². The van der Waals surface area contributed by atoms with Gasteiger partial charge in [0.05, 0.1) is 5.52 Å². The second-order valence-electron chi connectivity index (χ2n) is 7.81. The Morgan fingerprint density at radius 3 is 2.68 bits per heavy atom. The van der Waals surface area contributed by atoms with Gasteiger partial charge in [-0.25, -0.2) is 4.68 Å². The van der Waals surface area contributed by atoms with Crippen LogP contribution in [0.15, 0.2) is 54.1 Å². The highest BCUT2D eigenvalue weighted by molar-refractivity contribution is 6.11. The van der Waals surface area contributed by atoms with Crippen LogP contribution in [0.5, 0.6) is 5.75 Å². The maximum atomic E-state index is 11.8. The summed E-state index contributed by atoms with van der Waals surface area (Å²) < 4.78 is 8.07. The van der Waals surface area contributed by atoms with Gasteiger partial charge in [0.1, 0.15) is 17.9 Å². The summed E-state index contributed by atoms with van der Waals surface area (Å²) >= 11 is 0. The Hall–Kier alpha value is -2.79. The molecule has 2 bridgehead atoms. The lowest BCUT2D eigenvalue weighted by molar-refractivity contribution is -0.115. The van der Waals surface area contributed by atoms with E-state index in [-0.39, 0.29) is 5.91 Å². The van der Waals surface area contributed by atoms with Crippen molar-refractivity contribution in [1.82, 2.24) is 9.58 Å². The number of benzene rings is 2. The number of nitrogens with one attached hydrogen (secondary N) is 1. The molecule has 1 amide bonds. The number of para-hydroxylation sites is 2. The third kappa shape index (κ3) is 2.96. The molecule has 5 heteroatoms. The van der Waals surface area contributed by atoms with Crippen molar-refractivity contribution in [2.45, 2.75) is 19.8 Å². The highest BCUT2D eigenvalue weighted by Crippen LogP contribution is 2.35. The van der Waals surface area contributed by atoms with Crippen molar-refractivity contribution in [1.29, 1.82) is 0 Å². The second kappa shape index (κ2) is 6.99.